The maximum atomic E-state index is 12.5. The molecule has 1 aliphatic rings. The molecule has 0 radical (unpaired) electrons. The van der Waals surface area contributed by atoms with Crippen LogP contribution >= 0.6 is 11.6 Å². The molecule has 8 heteroatoms. The van der Waals surface area contributed by atoms with E-state index in [9.17, 15) is 9.59 Å². The van der Waals surface area contributed by atoms with Crippen LogP contribution < -0.4 is 11.1 Å². The first-order chi connectivity index (χ1) is 13.7. The first kappa shape index (κ1) is 20.4. The summed E-state index contributed by atoms with van der Waals surface area (Å²) in [6.07, 6.45) is 1.66. The van der Waals surface area contributed by atoms with E-state index >= 15 is 0 Å². The number of nitrogens with zero attached hydrogens (tertiary/aromatic N) is 3. The number of carbonyl (C=O) groups is 2. The highest BCUT2D eigenvalue weighted by Gasteiger charge is 2.37. The van der Waals surface area contributed by atoms with Gasteiger partial charge >= 0.3 is 0 Å². The van der Waals surface area contributed by atoms with Crippen molar-refractivity contribution >= 4 is 35.1 Å². The quantitative estimate of drug-likeness (QED) is 0.761. The topological polar surface area (TPSA) is 101 Å². The molecule has 0 bridgehead atoms. The number of hydrogen-bond acceptors (Lipinski definition) is 5. The van der Waals surface area contributed by atoms with Crippen molar-refractivity contribution < 1.29 is 9.59 Å². The van der Waals surface area contributed by atoms with Gasteiger partial charge in [0, 0.05) is 35.1 Å². The SMILES string of the molecule is CC#Cc1ccc(C(=O)Nc2ccc(Cl)c(C3(C)CC(=O)N(C)C(N)=N3)c2)nc1. The normalized spacial score (nSPS) is 18.6. The fourth-order valence-electron chi connectivity index (χ4n) is 3.02. The molecule has 0 fully saturated rings. The molecule has 2 amide bonds. The molecule has 1 aromatic carbocycles. The molecule has 1 atom stereocenters. The summed E-state index contributed by atoms with van der Waals surface area (Å²) >= 11 is 6.38. The molecule has 0 saturated carbocycles. The van der Waals surface area contributed by atoms with Gasteiger partial charge in [-0.1, -0.05) is 17.5 Å². The smallest absolute Gasteiger partial charge is 0.274 e. The Hall–Kier alpha value is -3.37. The molecule has 0 aliphatic carbocycles. The summed E-state index contributed by atoms with van der Waals surface area (Å²) in [6.45, 7) is 3.52. The maximum Gasteiger partial charge on any atom is 0.274 e. The lowest BCUT2D eigenvalue weighted by Crippen LogP contribution is -2.47. The van der Waals surface area contributed by atoms with E-state index in [-0.39, 0.29) is 29.9 Å². The standard InChI is InChI=1S/C21H20ClN5O2/c1-4-5-13-6-9-17(24-12-13)19(29)25-14-7-8-16(22)15(10-14)21(2)11-18(28)27(3)20(23)26-21/h6-10,12H,11H2,1-3H3,(H2,23,26)(H,25,29). The number of aliphatic imine (C=N–C) groups is 1. The minimum absolute atomic E-state index is 0.114. The van der Waals surface area contributed by atoms with Crippen LogP contribution in [0, 0.1) is 11.8 Å². The lowest BCUT2D eigenvalue weighted by molar-refractivity contribution is -0.128. The van der Waals surface area contributed by atoms with Crippen molar-refractivity contribution in [3.8, 4) is 11.8 Å². The van der Waals surface area contributed by atoms with Gasteiger partial charge in [-0.25, -0.2) is 9.98 Å². The van der Waals surface area contributed by atoms with Crippen molar-refractivity contribution in [3.63, 3.8) is 0 Å². The van der Waals surface area contributed by atoms with Gasteiger partial charge in [0.1, 0.15) is 5.69 Å². The summed E-state index contributed by atoms with van der Waals surface area (Å²) in [5.74, 6) is 5.24. The molecule has 3 N–H and O–H groups in total. The molecule has 3 rings (SSSR count). The van der Waals surface area contributed by atoms with Gasteiger partial charge in [-0.05, 0) is 44.2 Å². The summed E-state index contributed by atoms with van der Waals surface area (Å²) in [7, 11) is 1.57. The van der Waals surface area contributed by atoms with E-state index in [2.05, 4.69) is 27.1 Å². The molecule has 2 aromatic rings. The van der Waals surface area contributed by atoms with Crippen LogP contribution in [-0.4, -0.2) is 34.7 Å². The number of aromatic nitrogens is 1. The lowest BCUT2D eigenvalue weighted by atomic mass is 9.87. The van der Waals surface area contributed by atoms with E-state index in [1.807, 2.05) is 0 Å². The fraction of sp³-hybridized carbons (Fsp3) is 0.238. The molecular weight excluding hydrogens is 390 g/mol. The first-order valence-electron chi connectivity index (χ1n) is 8.85. The number of nitrogens with one attached hydrogen (secondary N) is 1. The molecular formula is C21H20ClN5O2. The Kier molecular flexibility index (Phi) is 5.57. The number of amides is 2. The van der Waals surface area contributed by atoms with Crippen LogP contribution in [0.2, 0.25) is 5.02 Å². The van der Waals surface area contributed by atoms with Gasteiger partial charge in [0.25, 0.3) is 5.91 Å². The molecule has 1 unspecified atom stereocenters. The molecule has 2 heterocycles. The van der Waals surface area contributed by atoms with Crippen LogP contribution in [0.25, 0.3) is 0 Å². The van der Waals surface area contributed by atoms with Crippen molar-refractivity contribution in [2.24, 2.45) is 10.7 Å². The zero-order chi connectivity index (χ0) is 21.2. The monoisotopic (exact) mass is 409 g/mol. The number of guanidine groups is 1. The molecule has 7 nitrogen and oxygen atoms in total. The first-order valence-corrected chi connectivity index (χ1v) is 9.23. The van der Waals surface area contributed by atoms with Crippen LogP contribution in [0.3, 0.4) is 0 Å². The highest BCUT2D eigenvalue weighted by atomic mass is 35.5. The molecule has 0 saturated heterocycles. The Morgan fingerprint density at radius 2 is 2.10 bits per heavy atom. The summed E-state index contributed by atoms with van der Waals surface area (Å²) in [5.41, 5.74) is 7.05. The van der Waals surface area contributed by atoms with Crippen molar-refractivity contribution in [1.82, 2.24) is 9.88 Å². The summed E-state index contributed by atoms with van der Waals surface area (Å²) < 4.78 is 0. The second kappa shape index (κ2) is 7.94. The second-order valence-electron chi connectivity index (χ2n) is 6.83. The molecule has 1 aromatic heterocycles. The molecule has 1 aliphatic heterocycles. The Morgan fingerprint density at radius 1 is 1.34 bits per heavy atom. The van der Waals surface area contributed by atoms with Crippen molar-refractivity contribution in [2.45, 2.75) is 25.8 Å². The summed E-state index contributed by atoms with van der Waals surface area (Å²) in [4.78, 5) is 34.7. The Bertz CT molecular complexity index is 1070. The minimum atomic E-state index is -0.926. The largest absolute Gasteiger partial charge is 0.369 e. The van der Waals surface area contributed by atoms with E-state index in [1.54, 1.807) is 57.4 Å². The number of rotatable bonds is 3. The third-order valence-corrected chi connectivity index (χ3v) is 4.97. The number of pyridine rings is 1. The van der Waals surface area contributed by atoms with E-state index in [0.717, 1.165) is 5.56 Å². The molecule has 29 heavy (non-hydrogen) atoms. The third-order valence-electron chi connectivity index (χ3n) is 4.64. The van der Waals surface area contributed by atoms with Crippen LogP contribution in [0.15, 0.2) is 41.5 Å². The van der Waals surface area contributed by atoms with Gasteiger partial charge in [0.05, 0.1) is 12.0 Å². The van der Waals surface area contributed by atoms with Crippen molar-refractivity contribution in [3.05, 3.63) is 58.4 Å². The van der Waals surface area contributed by atoms with E-state index < -0.39 is 5.54 Å². The van der Waals surface area contributed by atoms with Crippen LogP contribution in [0.4, 0.5) is 5.69 Å². The van der Waals surface area contributed by atoms with Gasteiger partial charge in [-0.3, -0.25) is 14.5 Å². The predicted octanol–water partition coefficient (Wildman–Crippen LogP) is 2.75. The number of halogens is 1. The maximum absolute atomic E-state index is 12.5. The highest BCUT2D eigenvalue weighted by Crippen LogP contribution is 2.38. The van der Waals surface area contributed by atoms with Crippen LogP contribution in [-0.2, 0) is 10.3 Å². The average molecular weight is 410 g/mol. The van der Waals surface area contributed by atoms with Gasteiger partial charge in [-0.15, -0.1) is 5.92 Å². The Morgan fingerprint density at radius 3 is 2.72 bits per heavy atom. The summed E-state index contributed by atoms with van der Waals surface area (Å²) in [6, 6.07) is 8.36. The zero-order valence-electron chi connectivity index (χ0n) is 16.3. The Labute approximate surface area is 174 Å². The van der Waals surface area contributed by atoms with E-state index in [4.69, 9.17) is 17.3 Å². The van der Waals surface area contributed by atoms with Crippen molar-refractivity contribution in [2.75, 3.05) is 12.4 Å². The van der Waals surface area contributed by atoms with Gasteiger partial charge in [0.2, 0.25) is 5.91 Å². The molecule has 0 spiro atoms. The van der Waals surface area contributed by atoms with Crippen LogP contribution in [0.5, 0.6) is 0 Å². The van der Waals surface area contributed by atoms with E-state index in [0.29, 0.717) is 16.3 Å². The minimum Gasteiger partial charge on any atom is -0.369 e. The number of nitrogens with two attached hydrogens (primary N) is 1. The van der Waals surface area contributed by atoms with Crippen LogP contribution in [0.1, 0.15) is 41.9 Å². The van der Waals surface area contributed by atoms with Gasteiger partial charge in [0.15, 0.2) is 5.96 Å². The lowest BCUT2D eigenvalue weighted by Gasteiger charge is -2.34. The number of anilines is 1. The van der Waals surface area contributed by atoms with E-state index in [1.165, 1.54) is 4.90 Å². The predicted molar refractivity (Wildman–Crippen MR) is 113 cm³/mol. The molecule has 148 valence electrons. The van der Waals surface area contributed by atoms with Crippen molar-refractivity contribution in [1.29, 1.82) is 0 Å². The second-order valence-corrected chi connectivity index (χ2v) is 7.24. The zero-order valence-corrected chi connectivity index (χ0v) is 17.0. The number of carbonyl (C=O) groups excluding carboxylic acids is 2. The van der Waals surface area contributed by atoms with Gasteiger partial charge < -0.3 is 11.1 Å². The Balaban J connectivity index is 1.88. The fourth-order valence-corrected chi connectivity index (χ4v) is 3.34. The number of hydrogen-bond donors (Lipinski definition) is 2. The average Bonchev–Trinajstić information content (AvgIpc) is 2.68. The number of benzene rings is 1. The third kappa shape index (κ3) is 4.23. The van der Waals surface area contributed by atoms with Gasteiger partial charge in [-0.2, -0.15) is 0 Å². The summed E-state index contributed by atoms with van der Waals surface area (Å²) in [5, 5.41) is 3.22. The highest BCUT2D eigenvalue weighted by molar-refractivity contribution is 6.31.